The van der Waals surface area contributed by atoms with Gasteiger partial charge < -0.3 is 5.32 Å². The van der Waals surface area contributed by atoms with Crippen molar-refractivity contribution < 1.29 is 4.79 Å². The molecule has 4 aromatic rings. The van der Waals surface area contributed by atoms with Gasteiger partial charge in [0.2, 0.25) is 11.1 Å². The van der Waals surface area contributed by atoms with Crippen molar-refractivity contribution in [1.82, 2.24) is 20.5 Å². The first-order valence-electron chi connectivity index (χ1n) is 9.23. The number of amides is 1. The second-order valence-corrected chi connectivity index (χ2v) is 8.42. The predicted octanol–water partition coefficient (Wildman–Crippen LogP) is 5.16. The molecule has 2 aromatic carbocycles. The third kappa shape index (κ3) is 4.93. The van der Waals surface area contributed by atoms with Gasteiger partial charge in [0.15, 0.2) is 0 Å². The number of hydrogen-bond acceptors (Lipinski definition) is 5. The van der Waals surface area contributed by atoms with Crippen LogP contribution in [0.15, 0.2) is 65.1 Å². The number of carbonyl (C=O) groups is 1. The van der Waals surface area contributed by atoms with Crippen molar-refractivity contribution in [1.29, 1.82) is 0 Å². The monoisotopic (exact) mass is 420 g/mol. The van der Waals surface area contributed by atoms with E-state index in [1.807, 2.05) is 54.8 Å². The molecule has 2 aromatic heterocycles. The van der Waals surface area contributed by atoms with Crippen LogP contribution in [0.4, 0.5) is 0 Å². The highest BCUT2D eigenvalue weighted by Crippen LogP contribution is 2.24. The molecule has 0 saturated carbocycles. The third-order valence-corrected chi connectivity index (χ3v) is 6.12. The molecule has 1 atom stereocenters. The van der Waals surface area contributed by atoms with E-state index in [4.69, 9.17) is 0 Å². The third-order valence-electron chi connectivity index (χ3n) is 4.43. The number of thiophene rings is 1. The fourth-order valence-corrected chi connectivity index (χ4v) is 4.30. The first kappa shape index (κ1) is 19.4. The van der Waals surface area contributed by atoms with Crippen LogP contribution in [0.2, 0.25) is 0 Å². The van der Waals surface area contributed by atoms with E-state index >= 15 is 0 Å². The number of fused-ring (bicyclic) bond motifs is 1. The Kier molecular flexibility index (Phi) is 6.07. The first-order chi connectivity index (χ1) is 14.2. The Morgan fingerprint density at radius 3 is 2.90 bits per heavy atom. The number of hydrogen-bond donors (Lipinski definition) is 2. The van der Waals surface area contributed by atoms with Crippen molar-refractivity contribution in [2.24, 2.45) is 0 Å². The van der Waals surface area contributed by atoms with Gasteiger partial charge in [-0.1, -0.05) is 60.3 Å². The van der Waals surface area contributed by atoms with Gasteiger partial charge in [-0.05, 0) is 46.9 Å². The molecule has 2 N–H and O–H groups in total. The molecule has 5 nitrogen and oxygen atoms in total. The molecule has 1 amide bonds. The van der Waals surface area contributed by atoms with E-state index < -0.39 is 0 Å². The average molecular weight is 421 g/mol. The lowest BCUT2D eigenvalue weighted by atomic mass is 10.00. The van der Waals surface area contributed by atoms with Gasteiger partial charge in [-0.25, -0.2) is 4.98 Å². The fourth-order valence-electron chi connectivity index (χ4n) is 3.06. The van der Waals surface area contributed by atoms with E-state index in [2.05, 4.69) is 44.8 Å². The molecule has 0 spiro atoms. The summed E-state index contributed by atoms with van der Waals surface area (Å²) in [6.07, 6.45) is 3.86. The Bertz CT molecular complexity index is 1130. The van der Waals surface area contributed by atoms with Gasteiger partial charge in [0.25, 0.3) is 0 Å². The quantitative estimate of drug-likeness (QED) is 0.405. The minimum absolute atomic E-state index is 0.0455. The minimum Gasteiger partial charge on any atom is -0.349 e. The number of benzene rings is 2. The van der Waals surface area contributed by atoms with E-state index in [0.29, 0.717) is 11.0 Å². The molecule has 0 radical (unpaired) electrons. The first-order valence-corrected chi connectivity index (χ1v) is 11.1. The molecule has 0 fully saturated rings. The summed E-state index contributed by atoms with van der Waals surface area (Å²) in [4.78, 5) is 18.0. The minimum atomic E-state index is -0.0781. The highest BCUT2D eigenvalue weighted by Gasteiger charge is 2.13. The maximum Gasteiger partial charge on any atom is 0.230 e. The molecule has 0 aliphatic carbocycles. The largest absolute Gasteiger partial charge is 0.349 e. The van der Waals surface area contributed by atoms with E-state index in [1.54, 1.807) is 11.3 Å². The molecule has 4 rings (SSSR count). The van der Waals surface area contributed by atoms with E-state index in [-0.39, 0.29) is 17.7 Å². The summed E-state index contributed by atoms with van der Waals surface area (Å²) in [6, 6.07) is 18.3. The number of H-pyrrole nitrogens is 1. The Balaban J connectivity index is 1.33. The van der Waals surface area contributed by atoms with Crippen molar-refractivity contribution in [2.75, 3.05) is 5.75 Å². The summed E-state index contributed by atoms with van der Waals surface area (Å²) in [6.45, 7) is 2.00. The lowest BCUT2D eigenvalue weighted by Gasteiger charge is -2.16. The van der Waals surface area contributed by atoms with Crippen LogP contribution in [0.3, 0.4) is 0 Å². The molecular formula is C22H20N4OS2. The summed E-state index contributed by atoms with van der Waals surface area (Å²) in [5.74, 6) is 0.891. The standard InChI is InChI=1S/C22H20N4OS2/c1-15(18-10-4-7-16-6-2-3-9-19(16)18)23-21(27)14-29-22-24-20(25-26-22)12-11-17-8-5-13-28-17/h2-13,15H,14H2,1H3,(H,23,27)(H,24,25,26)/b12-11+. The van der Waals surface area contributed by atoms with Crippen LogP contribution in [-0.4, -0.2) is 26.8 Å². The number of aromatic amines is 1. The zero-order valence-corrected chi connectivity index (χ0v) is 17.5. The highest BCUT2D eigenvalue weighted by atomic mass is 32.2. The van der Waals surface area contributed by atoms with Crippen LogP contribution in [0, 0.1) is 0 Å². The van der Waals surface area contributed by atoms with Crippen molar-refractivity contribution in [3.05, 3.63) is 76.2 Å². The van der Waals surface area contributed by atoms with Gasteiger partial charge >= 0.3 is 0 Å². The highest BCUT2D eigenvalue weighted by molar-refractivity contribution is 7.99. The van der Waals surface area contributed by atoms with Gasteiger partial charge in [0, 0.05) is 4.88 Å². The van der Waals surface area contributed by atoms with E-state index in [1.165, 1.54) is 17.1 Å². The van der Waals surface area contributed by atoms with Gasteiger partial charge in [-0.15, -0.1) is 16.4 Å². The Labute approximate surface area is 177 Å². The topological polar surface area (TPSA) is 70.7 Å². The predicted molar refractivity (Wildman–Crippen MR) is 121 cm³/mol. The molecule has 1 unspecified atom stereocenters. The van der Waals surface area contributed by atoms with E-state index in [9.17, 15) is 4.79 Å². The second kappa shape index (κ2) is 9.07. The van der Waals surface area contributed by atoms with Gasteiger partial charge in [0.05, 0.1) is 11.8 Å². The zero-order valence-electron chi connectivity index (χ0n) is 15.8. The van der Waals surface area contributed by atoms with Crippen LogP contribution in [0.5, 0.6) is 0 Å². The average Bonchev–Trinajstić information content (AvgIpc) is 3.42. The molecule has 29 heavy (non-hydrogen) atoms. The molecule has 0 saturated heterocycles. The molecular weight excluding hydrogens is 400 g/mol. The number of rotatable bonds is 7. The summed E-state index contributed by atoms with van der Waals surface area (Å²) in [5, 5.41) is 15.0. The molecule has 0 aliphatic heterocycles. The number of aromatic nitrogens is 3. The maximum atomic E-state index is 12.4. The smallest absolute Gasteiger partial charge is 0.230 e. The molecule has 0 bridgehead atoms. The SMILES string of the molecule is CC(NC(=O)CSc1n[nH]c(/C=C/c2cccs2)n1)c1cccc2ccccc12. The van der Waals surface area contributed by atoms with Crippen LogP contribution in [0.1, 0.15) is 29.2 Å². The van der Waals surface area contributed by atoms with Gasteiger partial charge in [-0.3, -0.25) is 9.89 Å². The maximum absolute atomic E-state index is 12.4. The van der Waals surface area contributed by atoms with E-state index in [0.717, 1.165) is 15.8 Å². The number of nitrogens with zero attached hydrogens (tertiary/aromatic N) is 2. The lowest BCUT2D eigenvalue weighted by molar-refractivity contribution is -0.119. The summed E-state index contributed by atoms with van der Waals surface area (Å²) >= 11 is 2.98. The number of carbonyl (C=O) groups excluding carboxylic acids is 1. The lowest BCUT2D eigenvalue weighted by Crippen LogP contribution is -2.28. The number of thioether (sulfide) groups is 1. The zero-order chi connectivity index (χ0) is 20.1. The Morgan fingerprint density at radius 2 is 2.03 bits per heavy atom. The molecule has 146 valence electrons. The summed E-state index contributed by atoms with van der Waals surface area (Å²) in [7, 11) is 0. The Hall–Kier alpha value is -2.90. The number of nitrogens with one attached hydrogen (secondary N) is 2. The molecule has 0 aliphatic rings. The van der Waals surface area contributed by atoms with Crippen LogP contribution >= 0.6 is 23.1 Å². The van der Waals surface area contributed by atoms with Crippen LogP contribution in [-0.2, 0) is 4.79 Å². The summed E-state index contributed by atoms with van der Waals surface area (Å²) < 4.78 is 0. The van der Waals surface area contributed by atoms with Gasteiger partial charge in [0.1, 0.15) is 5.82 Å². The molecule has 2 heterocycles. The van der Waals surface area contributed by atoms with Crippen LogP contribution in [0.25, 0.3) is 22.9 Å². The second-order valence-electron chi connectivity index (χ2n) is 6.50. The van der Waals surface area contributed by atoms with Crippen molar-refractivity contribution in [3.8, 4) is 0 Å². The van der Waals surface area contributed by atoms with Gasteiger partial charge in [-0.2, -0.15) is 0 Å². The van der Waals surface area contributed by atoms with Crippen molar-refractivity contribution in [3.63, 3.8) is 0 Å². The van der Waals surface area contributed by atoms with Crippen LogP contribution < -0.4 is 5.32 Å². The van der Waals surface area contributed by atoms with Crippen molar-refractivity contribution in [2.45, 2.75) is 18.1 Å². The molecule has 7 heteroatoms. The van der Waals surface area contributed by atoms with Crippen molar-refractivity contribution >= 4 is 51.9 Å². The summed E-state index contributed by atoms with van der Waals surface area (Å²) in [5.41, 5.74) is 1.11. The normalized spacial score (nSPS) is 12.4. The fraction of sp³-hybridized carbons (Fsp3) is 0.136. The Morgan fingerprint density at radius 1 is 1.17 bits per heavy atom.